The fourth-order valence-electron chi connectivity index (χ4n) is 3.40. The maximum atomic E-state index is 12.8. The second-order valence-electron chi connectivity index (χ2n) is 6.64. The predicted octanol–water partition coefficient (Wildman–Crippen LogP) is 0.844. The maximum absolute atomic E-state index is 12.8. The number of fused-ring (bicyclic) bond motifs is 1. The molecule has 0 aromatic carbocycles. The number of carbonyl (C=O) groups excluding carboxylic acids is 2. The van der Waals surface area contributed by atoms with Crippen LogP contribution in [0, 0.1) is 0 Å². The number of ether oxygens (including phenoxy) is 1. The van der Waals surface area contributed by atoms with E-state index in [4.69, 9.17) is 10.5 Å². The molecule has 3 heterocycles. The molecule has 0 atom stereocenters. The Morgan fingerprint density at radius 3 is 2.46 bits per heavy atom. The van der Waals surface area contributed by atoms with E-state index >= 15 is 0 Å². The molecule has 0 spiro atoms. The number of hydrogen-bond acceptors (Lipinski definition) is 7. The zero-order valence-electron chi connectivity index (χ0n) is 16.4. The highest BCUT2D eigenvalue weighted by Gasteiger charge is 2.23. The number of nitrogen functional groups attached to an aromatic ring is 1. The molecule has 1 aliphatic heterocycles. The van der Waals surface area contributed by atoms with Gasteiger partial charge in [-0.15, -0.1) is 0 Å². The van der Waals surface area contributed by atoms with Gasteiger partial charge in [-0.3, -0.25) is 9.59 Å². The molecule has 0 bridgehead atoms. The minimum atomic E-state index is -0.653. The molecule has 1 fully saturated rings. The van der Waals surface area contributed by atoms with Crippen LogP contribution in [0.15, 0.2) is 17.1 Å². The number of pyridine rings is 2. The molecule has 9 nitrogen and oxygen atoms in total. The molecular formula is C19H25N5O4. The number of rotatable bonds is 4. The Balaban J connectivity index is 2.06. The largest absolute Gasteiger partial charge is 0.462 e. The lowest BCUT2D eigenvalue weighted by Crippen LogP contribution is -2.48. The second kappa shape index (κ2) is 7.87. The molecule has 2 aromatic heterocycles. The van der Waals surface area contributed by atoms with Crippen molar-refractivity contribution in [3.05, 3.63) is 28.0 Å². The van der Waals surface area contributed by atoms with Crippen molar-refractivity contribution in [2.24, 2.45) is 0 Å². The molecule has 0 saturated carbocycles. The van der Waals surface area contributed by atoms with Gasteiger partial charge in [0.25, 0.3) is 0 Å². The molecular weight excluding hydrogens is 362 g/mol. The summed E-state index contributed by atoms with van der Waals surface area (Å²) in [7, 11) is 0. The summed E-state index contributed by atoms with van der Waals surface area (Å²) in [5.74, 6) is -0.0220. The van der Waals surface area contributed by atoms with E-state index in [1.54, 1.807) is 29.4 Å². The average Bonchev–Trinajstić information content (AvgIpc) is 2.68. The van der Waals surface area contributed by atoms with Crippen LogP contribution in [-0.2, 0) is 16.1 Å². The monoisotopic (exact) mass is 387 g/mol. The van der Waals surface area contributed by atoms with Crippen molar-refractivity contribution in [2.45, 2.75) is 27.3 Å². The molecule has 1 amide bonds. The van der Waals surface area contributed by atoms with E-state index in [9.17, 15) is 14.4 Å². The summed E-state index contributed by atoms with van der Waals surface area (Å²) in [6, 6.07) is 1.58. The van der Waals surface area contributed by atoms with E-state index in [-0.39, 0.29) is 23.5 Å². The number of nitrogens with zero attached hydrogens (tertiary/aromatic N) is 4. The summed E-state index contributed by atoms with van der Waals surface area (Å²) >= 11 is 0. The van der Waals surface area contributed by atoms with Crippen LogP contribution < -0.4 is 16.1 Å². The van der Waals surface area contributed by atoms with E-state index in [2.05, 4.69) is 4.98 Å². The van der Waals surface area contributed by atoms with Crippen molar-refractivity contribution in [3.63, 3.8) is 0 Å². The Kier molecular flexibility index (Phi) is 5.53. The molecule has 0 radical (unpaired) electrons. The van der Waals surface area contributed by atoms with E-state index in [1.807, 2.05) is 11.8 Å². The first kappa shape index (κ1) is 19.7. The Bertz CT molecular complexity index is 976. The van der Waals surface area contributed by atoms with E-state index in [0.29, 0.717) is 49.9 Å². The number of aromatic nitrogens is 2. The Morgan fingerprint density at radius 1 is 1.21 bits per heavy atom. The van der Waals surface area contributed by atoms with Gasteiger partial charge in [0.2, 0.25) is 11.3 Å². The lowest BCUT2D eigenvalue weighted by molar-refractivity contribution is -0.129. The van der Waals surface area contributed by atoms with Gasteiger partial charge in [0.1, 0.15) is 11.2 Å². The van der Waals surface area contributed by atoms with Crippen molar-refractivity contribution >= 4 is 34.4 Å². The van der Waals surface area contributed by atoms with Crippen molar-refractivity contribution < 1.29 is 14.3 Å². The van der Waals surface area contributed by atoms with E-state index in [1.165, 1.54) is 6.20 Å². The first-order valence-electron chi connectivity index (χ1n) is 9.38. The van der Waals surface area contributed by atoms with Crippen LogP contribution >= 0.6 is 0 Å². The predicted molar refractivity (Wildman–Crippen MR) is 107 cm³/mol. The van der Waals surface area contributed by atoms with Crippen LogP contribution in [0.5, 0.6) is 0 Å². The summed E-state index contributed by atoms with van der Waals surface area (Å²) in [4.78, 5) is 44.9. The number of anilines is 2. The molecule has 28 heavy (non-hydrogen) atoms. The third kappa shape index (κ3) is 3.51. The summed E-state index contributed by atoms with van der Waals surface area (Å²) in [5, 5.41) is 0.288. The van der Waals surface area contributed by atoms with Gasteiger partial charge in [-0.2, -0.15) is 0 Å². The van der Waals surface area contributed by atoms with Gasteiger partial charge in [0.15, 0.2) is 5.82 Å². The first-order chi connectivity index (χ1) is 13.4. The maximum Gasteiger partial charge on any atom is 0.343 e. The van der Waals surface area contributed by atoms with Gasteiger partial charge in [-0.25, -0.2) is 9.78 Å². The summed E-state index contributed by atoms with van der Waals surface area (Å²) in [6.07, 6.45) is 1.49. The lowest BCUT2D eigenvalue weighted by atomic mass is 10.1. The fourth-order valence-corrected chi connectivity index (χ4v) is 3.40. The number of aryl methyl sites for hydroxylation is 1. The average molecular weight is 387 g/mol. The van der Waals surface area contributed by atoms with Crippen LogP contribution in [0.4, 0.5) is 11.5 Å². The van der Waals surface area contributed by atoms with Gasteiger partial charge in [0.05, 0.1) is 17.7 Å². The van der Waals surface area contributed by atoms with Gasteiger partial charge < -0.3 is 24.8 Å². The van der Waals surface area contributed by atoms with Crippen LogP contribution in [0.2, 0.25) is 0 Å². The van der Waals surface area contributed by atoms with Gasteiger partial charge in [-0.1, -0.05) is 0 Å². The molecule has 2 aromatic rings. The quantitative estimate of drug-likeness (QED) is 0.774. The summed E-state index contributed by atoms with van der Waals surface area (Å²) in [5.41, 5.74) is 6.58. The number of esters is 1. The summed E-state index contributed by atoms with van der Waals surface area (Å²) < 4.78 is 6.74. The van der Waals surface area contributed by atoms with Crippen LogP contribution in [-0.4, -0.2) is 59.1 Å². The highest BCUT2D eigenvalue weighted by atomic mass is 16.5. The second-order valence-corrected chi connectivity index (χ2v) is 6.64. The number of hydrogen-bond donors (Lipinski definition) is 1. The lowest BCUT2D eigenvalue weighted by Gasteiger charge is -2.35. The topological polar surface area (TPSA) is 111 Å². The van der Waals surface area contributed by atoms with Gasteiger partial charge in [0, 0.05) is 45.8 Å². The number of carbonyl (C=O) groups is 2. The van der Waals surface area contributed by atoms with Crippen molar-refractivity contribution in [2.75, 3.05) is 43.4 Å². The zero-order valence-corrected chi connectivity index (χ0v) is 16.4. The smallest absolute Gasteiger partial charge is 0.343 e. The number of amides is 1. The molecule has 0 aliphatic carbocycles. The molecule has 150 valence electrons. The molecule has 0 unspecified atom stereocenters. The Hall–Kier alpha value is -3.10. The van der Waals surface area contributed by atoms with E-state index < -0.39 is 11.4 Å². The van der Waals surface area contributed by atoms with Crippen LogP contribution in [0.3, 0.4) is 0 Å². The third-order valence-electron chi connectivity index (χ3n) is 4.92. The highest BCUT2D eigenvalue weighted by Crippen LogP contribution is 2.26. The van der Waals surface area contributed by atoms with Crippen LogP contribution in [0.1, 0.15) is 31.1 Å². The van der Waals surface area contributed by atoms with Crippen molar-refractivity contribution in [1.29, 1.82) is 0 Å². The van der Waals surface area contributed by atoms with Crippen molar-refractivity contribution in [1.82, 2.24) is 14.5 Å². The van der Waals surface area contributed by atoms with Crippen LogP contribution in [0.25, 0.3) is 11.0 Å². The third-order valence-corrected chi connectivity index (χ3v) is 4.92. The molecule has 2 N–H and O–H groups in total. The molecule has 3 rings (SSSR count). The van der Waals surface area contributed by atoms with Gasteiger partial charge in [-0.05, 0) is 19.9 Å². The number of piperazine rings is 1. The standard InChI is InChI=1S/C19H25N5O4/c1-4-22-11-14(19(27)28-5-2)16(26)13-10-15(20)18(21-17(13)22)24-8-6-23(7-9-24)12(3)25/h10-11H,4-9,20H2,1-3H3. The minimum Gasteiger partial charge on any atom is -0.462 e. The molecule has 1 saturated heterocycles. The summed E-state index contributed by atoms with van der Waals surface area (Å²) in [6.45, 7) is 8.27. The molecule has 1 aliphatic rings. The SMILES string of the molecule is CCOC(=O)c1cn(CC)c2nc(N3CCN(C(C)=O)CC3)c(N)cc2c1=O. The van der Waals surface area contributed by atoms with Gasteiger partial charge >= 0.3 is 5.97 Å². The van der Waals surface area contributed by atoms with Crippen molar-refractivity contribution in [3.8, 4) is 0 Å². The normalized spacial score (nSPS) is 14.4. The Labute approximate surface area is 162 Å². The zero-order chi connectivity index (χ0) is 20.4. The fraction of sp³-hybridized carbons (Fsp3) is 0.474. The first-order valence-corrected chi connectivity index (χ1v) is 9.38. The number of nitrogens with two attached hydrogens (primary N) is 1. The van der Waals surface area contributed by atoms with E-state index in [0.717, 1.165) is 0 Å². The minimum absolute atomic E-state index is 0.0276. The highest BCUT2D eigenvalue weighted by molar-refractivity contribution is 5.94. The Morgan fingerprint density at radius 2 is 1.89 bits per heavy atom. The molecule has 9 heteroatoms.